The van der Waals surface area contributed by atoms with Crippen LogP contribution in [0.4, 0.5) is 5.95 Å². The van der Waals surface area contributed by atoms with Crippen molar-refractivity contribution in [3.8, 4) is 5.75 Å². The summed E-state index contributed by atoms with van der Waals surface area (Å²) >= 11 is 0. The highest BCUT2D eigenvalue weighted by atomic mass is 16.5. The van der Waals surface area contributed by atoms with Crippen molar-refractivity contribution in [2.24, 2.45) is 0 Å². The van der Waals surface area contributed by atoms with Gasteiger partial charge in [-0.3, -0.25) is 9.78 Å². The fraction of sp³-hybridized carbons (Fsp3) is 0.176. The lowest BCUT2D eigenvalue weighted by Gasteiger charge is -2.13. The predicted molar refractivity (Wildman–Crippen MR) is 88.8 cm³/mol. The van der Waals surface area contributed by atoms with Crippen LogP contribution in [0.25, 0.3) is 10.9 Å². The molecule has 3 aromatic rings. The molecular weight excluding hydrogens is 294 g/mol. The average molecular weight is 311 g/mol. The number of benzene rings is 2. The molecule has 1 unspecified atom stereocenters. The van der Waals surface area contributed by atoms with Crippen LogP contribution in [-0.2, 0) is 0 Å². The van der Waals surface area contributed by atoms with E-state index < -0.39 is 6.10 Å². The number of rotatable bonds is 6. The maximum atomic E-state index is 11.9. The Labute approximate surface area is 132 Å². The zero-order valence-corrected chi connectivity index (χ0v) is 12.4. The summed E-state index contributed by atoms with van der Waals surface area (Å²) in [6, 6.07) is 16.4. The predicted octanol–water partition coefficient (Wildman–Crippen LogP) is 1.77. The Morgan fingerprint density at radius 2 is 1.87 bits per heavy atom. The van der Waals surface area contributed by atoms with E-state index in [0.29, 0.717) is 22.6 Å². The van der Waals surface area contributed by atoms with E-state index in [-0.39, 0.29) is 18.7 Å². The van der Waals surface area contributed by atoms with Crippen molar-refractivity contribution < 1.29 is 9.84 Å². The van der Waals surface area contributed by atoms with Gasteiger partial charge in [0.05, 0.1) is 10.9 Å². The molecule has 0 radical (unpaired) electrons. The third kappa shape index (κ3) is 3.87. The molecule has 6 nitrogen and oxygen atoms in total. The fourth-order valence-electron chi connectivity index (χ4n) is 2.15. The van der Waals surface area contributed by atoms with E-state index in [4.69, 9.17) is 4.74 Å². The topological polar surface area (TPSA) is 87.2 Å². The van der Waals surface area contributed by atoms with Crippen LogP contribution in [0.15, 0.2) is 59.4 Å². The monoisotopic (exact) mass is 311 g/mol. The molecule has 3 N–H and O–H groups in total. The molecule has 1 heterocycles. The van der Waals surface area contributed by atoms with Gasteiger partial charge in [-0.2, -0.15) is 0 Å². The van der Waals surface area contributed by atoms with Gasteiger partial charge < -0.3 is 15.2 Å². The number of anilines is 1. The molecule has 23 heavy (non-hydrogen) atoms. The van der Waals surface area contributed by atoms with Crippen LogP contribution >= 0.6 is 0 Å². The Morgan fingerprint density at radius 3 is 2.70 bits per heavy atom. The van der Waals surface area contributed by atoms with E-state index in [0.717, 1.165) is 0 Å². The highest BCUT2D eigenvalue weighted by Gasteiger charge is 2.07. The lowest BCUT2D eigenvalue weighted by molar-refractivity contribution is 0.117. The highest BCUT2D eigenvalue weighted by molar-refractivity contribution is 5.78. The summed E-state index contributed by atoms with van der Waals surface area (Å²) in [7, 11) is 0. The summed E-state index contributed by atoms with van der Waals surface area (Å²) in [6.07, 6.45) is -0.730. The maximum Gasteiger partial charge on any atom is 0.260 e. The Balaban J connectivity index is 1.58. The van der Waals surface area contributed by atoms with Crippen molar-refractivity contribution in [3.05, 3.63) is 65.0 Å². The van der Waals surface area contributed by atoms with Gasteiger partial charge in [0, 0.05) is 6.54 Å². The maximum absolute atomic E-state index is 11.9. The quantitative estimate of drug-likeness (QED) is 0.646. The molecule has 0 spiro atoms. The van der Waals surface area contributed by atoms with E-state index in [1.54, 1.807) is 18.2 Å². The third-order valence-electron chi connectivity index (χ3n) is 3.30. The molecule has 1 atom stereocenters. The minimum atomic E-state index is -0.730. The number of para-hydroxylation sites is 2. The van der Waals surface area contributed by atoms with Crippen LogP contribution in [0.5, 0.6) is 5.75 Å². The number of fused-ring (bicyclic) bond motifs is 1. The first kappa shape index (κ1) is 15.1. The summed E-state index contributed by atoms with van der Waals surface area (Å²) in [4.78, 5) is 18.9. The average Bonchev–Trinajstić information content (AvgIpc) is 2.59. The molecule has 0 aliphatic rings. The molecule has 2 aromatic carbocycles. The SMILES string of the molecule is O=c1[nH]c(NCC(O)COc2ccccc2)nc2ccccc12. The molecular formula is C17H17N3O3. The number of aliphatic hydroxyl groups is 1. The number of hydrogen-bond donors (Lipinski definition) is 3. The molecule has 0 fully saturated rings. The fourth-order valence-corrected chi connectivity index (χ4v) is 2.15. The molecule has 0 bridgehead atoms. The first-order valence-electron chi connectivity index (χ1n) is 7.31. The number of nitrogens with zero attached hydrogens (tertiary/aromatic N) is 1. The third-order valence-corrected chi connectivity index (χ3v) is 3.30. The lowest BCUT2D eigenvalue weighted by Crippen LogP contribution is -2.27. The van der Waals surface area contributed by atoms with Gasteiger partial charge in [-0.15, -0.1) is 0 Å². The zero-order chi connectivity index (χ0) is 16.1. The second-order valence-corrected chi connectivity index (χ2v) is 5.09. The molecule has 0 aliphatic carbocycles. The van der Waals surface area contributed by atoms with Crippen LogP contribution in [0.2, 0.25) is 0 Å². The molecule has 1 aromatic heterocycles. The molecule has 0 saturated heterocycles. The van der Waals surface area contributed by atoms with E-state index in [9.17, 15) is 9.90 Å². The van der Waals surface area contributed by atoms with Gasteiger partial charge >= 0.3 is 0 Å². The van der Waals surface area contributed by atoms with Gasteiger partial charge in [0.15, 0.2) is 0 Å². The summed E-state index contributed by atoms with van der Waals surface area (Å²) in [5.74, 6) is 1.02. The Bertz CT molecular complexity index is 833. The van der Waals surface area contributed by atoms with Crippen LogP contribution in [0, 0.1) is 0 Å². The number of hydrogen-bond acceptors (Lipinski definition) is 5. The van der Waals surface area contributed by atoms with E-state index in [1.165, 1.54) is 0 Å². The first-order chi connectivity index (χ1) is 11.2. The van der Waals surface area contributed by atoms with Crippen molar-refractivity contribution in [2.75, 3.05) is 18.5 Å². The number of aromatic amines is 1. The van der Waals surface area contributed by atoms with Crippen molar-refractivity contribution in [1.29, 1.82) is 0 Å². The van der Waals surface area contributed by atoms with Gasteiger partial charge in [0.25, 0.3) is 5.56 Å². The Kier molecular flexibility index (Phi) is 4.54. The van der Waals surface area contributed by atoms with Crippen molar-refractivity contribution >= 4 is 16.9 Å². The molecule has 0 saturated carbocycles. The molecule has 0 aliphatic heterocycles. The standard InChI is InChI=1S/C17H17N3O3/c21-12(11-23-13-6-2-1-3-7-13)10-18-17-19-15-9-5-4-8-14(15)16(22)20-17/h1-9,12,21H,10-11H2,(H2,18,19,20,22). The number of aliphatic hydroxyl groups excluding tert-OH is 1. The van der Waals surface area contributed by atoms with Crippen molar-refractivity contribution in [3.63, 3.8) is 0 Å². The second-order valence-electron chi connectivity index (χ2n) is 5.09. The summed E-state index contributed by atoms with van der Waals surface area (Å²) in [6.45, 7) is 0.364. The van der Waals surface area contributed by atoms with Crippen LogP contribution in [0.1, 0.15) is 0 Å². The number of ether oxygens (including phenoxy) is 1. The van der Waals surface area contributed by atoms with Gasteiger partial charge in [-0.25, -0.2) is 4.98 Å². The zero-order valence-electron chi connectivity index (χ0n) is 12.4. The number of nitrogens with one attached hydrogen (secondary N) is 2. The van der Waals surface area contributed by atoms with Crippen LogP contribution in [0.3, 0.4) is 0 Å². The molecule has 6 heteroatoms. The minimum Gasteiger partial charge on any atom is -0.491 e. The van der Waals surface area contributed by atoms with Crippen molar-refractivity contribution in [2.45, 2.75) is 6.10 Å². The largest absolute Gasteiger partial charge is 0.491 e. The molecule has 0 amide bonds. The molecule has 118 valence electrons. The summed E-state index contributed by atoms with van der Waals surface area (Å²) < 4.78 is 5.47. The Hall–Kier alpha value is -2.86. The second kappa shape index (κ2) is 6.93. The first-order valence-corrected chi connectivity index (χ1v) is 7.31. The number of aromatic nitrogens is 2. The lowest BCUT2D eigenvalue weighted by atomic mass is 10.2. The van der Waals surface area contributed by atoms with Gasteiger partial charge in [-0.1, -0.05) is 30.3 Å². The number of H-pyrrole nitrogens is 1. The summed E-state index contributed by atoms with van der Waals surface area (Å²) in [5, 5.41) is 13.4. The molecule has 3 rings (SSSR count). The minimum absolute atomic E-state index is 0.148. The Morgan fingerprint density at radius 1 is 1.13 bits per heavy atom. The van der Waals surface area contributed by atoms with Gasteiger partial charge in [0.1, 0.15) is 18.5 Å². The van der Waals surface area contributed by atoms with E-state index >= 15 is 0 Å². The van der Waals surface area contributed by atoms with Gasteiger partial charge in [0.2, 0.25) is 5.95 Å². The van der Waals surface area contributed by atoms with E-state index in [2.05, 4.69) is 15.3 Å². The van der Waals surface area contributed by atoms with Crippen LogP contribution < -0.4 is 15.6 Å². The van der Waals surface area contributed by atoms with Gasteiger partial charge in [-0.05, 0) is 24.3 Å². The van der Waals surface area contributed by atoms with E-state index in [1.807, 2.05) is 36.4 Å². The summed E-state index contributed by atoms with van der Waals surface area (Å²) in [5.41, 5.74) is 0.391. The van der Waals surface area contributed by atoms with Crippen molar-refractivity contribution in [1.82, 2.24) is 9.97 Å². The highest BCUT2D eigenvalue weighted by Crippen LogP contribution is 2.09. The smallest absolute Gasteiger partial charge is 0.260 e. The van der Waals surface area contributed by atoms with Crippen LogP contribution in [-0.4, -0.2) is 34.3 Å². The normalized spacial score (nSPS) is 12.0.